The van der Waals surface area contributed by atoms with Crippen molar-refractivity contribution in [1.29, 1.82) is 0 Å². The molecule has 0 amide bonds. The SMILES string of the molecule is CC(C)(C)C1N(C(C)(C)C)CCN1C(C)(C)C. The van der Waals surface area contributed by atoms with Crippen LogP contribution >= 0.6 is 0 Å². The topological polar surface area (TPSA) is 6.48 Å². The molecule has 2 nitrogen and oxygen atoms in total. The summed E-state index contributed by atoms with van der Waals surface area (Å²) in [5.41, 5.74) is 0.785. The van der Waals surface area contributed by atoms with Crippen LogP contribution in [-0.2, 0) is 0 Å². The van der Waals surface area contributed by atoms with Gasteiger partial charge in [0.2, 0.25) is 0 Å². The van der Waals surface area contributed by atoms with E-state index in [0.717, 1.165) is 0 Å². The molecule has 0 aromatic carbocycles. The van der Waals surface area contributed by atoms with Gasteiger partial charge in [-0.25, -0.2) is 0 Å². The minimum atomic E-state index is 0.248. The van der Waals surface area contributed by atoms with Crippen LogP contribution in [0.4, 0.5) is 0 Å². The Bertz CT molecular complexity index is 240. The van der Waals surface area contributed by atoms with Crippen LogP contribution < -0.4 is 0 Å². The Balaban J connectivity index is 3.08. The van der Waals surface area contributed by atoms with Gasteiger partial charge in [0.1, 0.15) is 0 Å². The Labute approximate surface area is 108 Å². The Morgan fingerprint density at radius 3 is 1.12 bits per heavy atom. The van der Waals surface area contributed by atoms with Gasteiger partial charge >= 0.3 is 0 Å². The van der Waals surface area contributed by atoms with E-state index in [4.69, 9.17) is 0 Å². The van der Waals surface area contributed by atoms with Gasteiger partial charge in [0.05, 0.1) is 6.17 Å². The maximum atomic E-state index is 2.66. The predicted octanol–water partition coefficient (Wildman–Crippen LogP) is 3.57. The van der Waals surface area contributed by atoms with Crippen molar-refractivity contribution in [2.45, 2.75) is 79.6 Å². The van der Waals surface area contributed by atoms with Crippen molar-refractivity contribution in [2.75, 3.05) is 13.1 Å². The van der Waals surface area contributed by atoms with E-state index in [1.807, 2.05) is 0 Å². The third kappa shape index (κ3) is 3.23. The minimum absolute atomic E-state index is 0.248. The van der Waals surface area contributed by atoms with E-state index in [-0.39, 0.29) is 16.5 Å². The van der Waals surface area contributed by atoms with Crippen molar-refractivity contribution in [3.63, 3.8) is 0 Å². The fourth-order valence-electron chi connectivity index (χ4n) is 2.97. The summed E-state index contributed by atoms with van der Waals surface area (Å²) in [6.45, 7) is 23.4. The first kappa shape index (κ1) is 15.0. The zero-order valence-corrected chi connectivity index (χ0v) is 13.4. The largest absolute Gasteiger partial charge is 0.281 e. The van der Waals surface area contributed by atoms with Crippen molar-refractivity contribution in [1.82, 2.24) is 9.80 Å². The van der Waals surface area contributed by atoms with E-state index in [9.17, 15) is 0 Å². The zero-order valence-electron chi connectivity index (χ0n) is 13.4. The molecule has 102 valence electrons. The summed E-state index contributed by atoms with van der Waals surface area (Å²) in [5.74, 6) is 0. The third-order valence-corrected chi connectivity index (χ3v) is 3.67. The fraction of sp³-hybridized carbons (Fsp3) is 1.00. The van der Waals surface area contributed by atoms with E-state index in [1.54, 1.807) is 0 Å². The number of nitrogens with zero attached hydrogens (tertiary/aromatic N) is 2. The second-order valence-corrected chi connectivity index (χ2v) is 8.47. The summed E-state index contributed by atoms with van der Waals surface area (Å²) < 4.78 is 0. The van der Waals surface area contributed by atoms with Crippen LogP contribution in [0.25, 0.3) is 0 Å². The normalized spacial score (nSPS) is 22.4. The van der Waals surface area contributed by atoms with Crippen LogP contribution in [0.5, 0.6) is 0 Å². The Kier molecular flexibility index (Phi) is 3.73. The molecule has 1 heterocycles. The highest BCUT2D eigenvalue weighted by atomic mass is 15.5. The van der Waals surface area contributed by atoms with Crippen molar-refractivity contribution in [3.05, 3.63) is 0 Å². The highest BCUT2D eigenvalue weighted by molar-refractivity contribution is 4.98. The first-order valence-corrected chi connectivity index (χ1v) is 6.88. The van der Waals surface area contributed by atoms with Crippen molar-refractivity contribution in [3.8, 4) is 0 Å². The van der Waals surface area contributed by atoms with Crippen LogP contribution in [0.2, 0.25) is 0 Å². The maximum absolute atomic E-state index is 2.66. The highest BCUT2D eigenvalue weighted by Crippen LogP contribution is 2.38. The lowest BCUT2D eigenvalue weighted by molar-refractivity contribution is -0.0441. The van der Waals surface area contributed by atoms with Gasteiger partial charge in [-0.2, -0.15) is 0 Å². The van der Waals surface area contributed by atoms with Gasteiger partial charge in [-0.1, -0.05) is 20.8 Å². The molecule has 0 aromatic rings. The van der Waals surface area contributed by atoms with Gasteiger partial charge in [-0.3, -0.25) is 9.80 Å². The summed E-state index contributed by atoms with van der Waals surface area (Å²) in [5, 5.41) is 0. The van der Waals surface area contributed by atoms with Crippen molar-refractivity contribution < 1.29 is 0 Å². The number of rotatable bonds is 0. The van der Waals surface area contributed by atoms with Crippen molar-refractivity contribution in [2.24, 2.45) is 5.41 Å². The predicted molar refractivity (Wildman–Crippen MR) is 76.2 cm³/mol. The van der Waals surface area contributed by atoms with Crippen LogP contribution in [0.1, 0.15) is 62.3 Å². The van der Waals surface area contributed by atoms with Crippen LogP contribution in [0.15, 0.2) is 0 Å². The highest BCUT2D eigenvalue weighted by Gasteiger charge is 2.47. The van der Waals surface area contributed by atoms with Crippen LogP contribution in [0, 0.1) is 5.41 Å². The van der Waals surface area contributed by atoms with Gasteiger partial charge in [0, 0.05) is 24.2 Å². The lowest BCUT2D eigenvalue weighted by Crippen LogP contribution is -2.58. The van der Waals surface area contributed by atoms with E-state index in [2.05, 4.69) is 72.1 Å². The summed E-state index contributed by atoms with van der Waals surface area (Å²) in [6, 6.07) is 0. The maximum Gasteiger partial charge on any atom is 0.0681 e. The molecule has 0 bridgehead atoms. The Hall–Kier alpha value is -0.0800. The van der Waals surface area contributed by atoms with Crippen LogP contribution in [0.3, 0.4) is 0 Å². The lowest BCUT2D eigenvalue weighted by Gasteiger charge is -2.49. The van der Waals surface area contributed by atoms with E-state index in [1.165, 1.54) is 13.1 Å². The molecule has 0 aliphatic carbocycles. The molecule has 17 heavy (non-hydrogen) atoms. The second-order valence-electron chi connectivity index (χ2n) is 8.47. The minimum Gasteiger partial charge on any atom is -0.281 e. The van der Waals surface area contributed by atoms with Gasteiger partial charge in [-0.05, 0) is 47.0 Å². The summed E-state index contributed by atoms with van der Waals surface area (Å²) in [7, 11) is 0. The van der Waals surface area contributed by atoms with Gasteiger partial charge in [0.15, 0.2) is 0 Å². The molecule has 0 radical (unpaired) electrons. The first-order valence-electron chi connectivity index (χ1n) is 6.88. The molecule has 1 aliphatic rings. The number of hydrogen-bond acceptors (Lipinski definition) is 2. The Morgan fingerprint density at radius 1 is 0.647 bits per heavy atom. The number of hydrogen-bond donors (Lipinski definition) is 0. The Morgan fingerprint density at radius 2 is 0.941 bits per heavy atom. The fourth-order valence-corrected chi connectivity index (χ4v) is 2.97. The second kappa shape index (κ2) is 4.24. The molecule has 0 N–H and O–H groups in total. The van der Waals surface area contributed by atoms with E-state index < -0.39 is 0 Å². The van der Waals surface area contributed by atoms with Gasteiger partial charge in [-0.15, -0.1) is 0 Å². The molecular formula is C15H32N2. The molecular weight excluding hydrogens is 208 g/mol. The first-order chi connectivity index (χ1) is 7.35. The lowest BCUT2D eigenvalue weighted by atomic mass is 9.87. The third-order valence-electron chi connectivity index (χ3n) is 3.67. The molecule has 1 rings (SSSR count). The van der Waals surface area contributed by atoms with Crippen molar-refractivity contribution >= 4 is 0 Å². The van der Waals surface area contributed by atoms with Crippen LogP contribution in [-0.4, -0.2) is 40.1 Å². The molecule has 0 spiro atoms. The smallest absolute Gasteiger partial charge is 0.0681 e. The van der Waals surface area contributed by atoms with E-state index in [0.29, 0.717) is 6.17 Å². The quantitative estimate of drug-likeness (QED) is 0.638. The monoisotopic (exact) mass is 240 g/mol. The van der Waals surface area contributed by atoms with Gasteiger partial charge < -0.3 is 0 Å². The molecule has 1 aliphatic heterocycles. The molecule has 0 unspecified atom stereocenters. The summed E-state index contributed by atoms with van der Waals surface area (Å²) in [6.07, 6.45) is 0.530. The average molecular weight is 240 g/mol. The van der Waals surface area contributed by atoms with Gasteiger partial charge in [0.25, 0.3) is 0 Å². The molecule has 2 heteroatoms. The molecule has 1 fully saturated rings. The molecule has 0 saturated carbocycles. The summed E-state index contributed by atoms with van der Waals surface area (Å²) >= 11 is 0. The molecule has 0 aromatic heterocycles. The average Bonchev–Trinajstić information content (AvgIpc) is 2.42. The molecule has 0 atom stereocenters. The van der Waals surface area contributed by atoms with E-state index >= 15 is 0 Å². The molecule has 1 saturated heterocycles. The summed E-state index contributed by atoms with van der Waals surface area (Å²) in [4.78, 5) is 5.33. The standard InChI is InChI=1S/C15H32N2/c1-13(2,3)12-16(14(4,5)6)10-11-17(12)15(7,8)9/h12H,10-11H2,1-9H3. The zero-order chi connectivity index (χ0) is 13.6.